The monoisotopic (exact) mass is 481 g/mol. The molecule has 0 bridgehead atoms. The summed E-state index contributed by atoms with van der Waals surface area (Å²) in [6.07, 6.45) is 4.63. The molecule has 1 N–H and O–H groups in total. The molecule has 172 valence electrons. The number of anilines is 1. The Morgan fingerprint density at radius 2 is 1.82 bits per heavy atom. The molecule has 4 heterocycles. The number of rotatable bonds is 4. The number of piperazine rings is 1. The fourth-order valence-corrected chi connectivity index (χ4v) is 5.43. The van der Waals surface area contributed by atoms with Crippen molar-refractivity contribution in [2.45, 2.75) is 4.90 Å². The third-order valence-electron chi connectivity index (χ3n) is 5.69. The maximum Gasteiger partial charge on any atom is 0.246 e. The van der Waals surface area contributed by atoms with Crippen LogP contribution in [0.3, 0.4) is 0 Å². The second kappa shape index (κ2) is 8.44. The number of halogens is 2. The topological polar surface area (TPSA) is 119 Å². The Kier molecular flexibility index (Phi) is 5.43. The fraction of sp³-hybridized carbons (Fsp3) is 0.182. The lowest BCUT2D eigenvalue weighted by molar-refractivity contribution is 0.381. The van der Waals surface area contributed by atoms with Crippen LogP contribution >= 0.6 is 0 Å². The van der Waals surface area contributed by atoms with E-state index in [2.05, 4.69) is 26.0 Å². The zero-order chi connectivity index (χ0) is 23.9. The highest BCUT2D eigenvalue weighted by Crippen LogP contribution is 2.29. The van der Waals surface area contributed by atoms with E-state index in [9.17, 15) is 22.5 Å². The first kappa shape index (κ1) is 21.9. The summed E-state index contributed by atoms with van der Waals surface area (Å²) in [7, 11) is -4.08. The lowest BCUT2D eigenvalue weighted by atomic mass is 10.1. The molecule has 0 amide bonds. The molecule has 5 rings (SSSR count). The number of fused-ring (bicyclic) bond motifs is 1. The summed E-state index contributed by atoms with van der Waals surface area (Å²) in [5, 5.41) is 9.97. The molecule has 0 spiro atoms. The van der Waals surface area contributed by atoms with Gasteiger partial charge in [-0.25, -0.2) is 32.2 Å². The van der Waals surface area contributed by atoms with E-state index in [1.165, 1.54) is 10.6 Å². The summed E-state index contributed by atoms with van der Waals surface area (Å²) in [6, 6.07) is 8.18. The number of sulfonamides is 1. The van der Waals surface area contributed by atoms with E-state index in [1.807, 2.05) is 11.0 Å². The minimum atomic E-state index is -4.08. The Morgan fingerprint density at radius 3 is 2.50 bits per heavy atom. The highest BCUT2D eigenvalue weighted by molar-refractivity contribution is 7.89. The lowest BCUT2D eigenvalue weighted by Gasteiger charge is -2.34. The van der Waals surface area contributed by atoms with Crippen molar-refractivity contribution in [1.29, 1.82) is 5.26 Å². The fourth-order valence-electron chi connectivity index (χ4n) is 3.96. The second-order valence-electron chi connectivity index (χ2n) is 7.63. The molecule has 0 unspecified atom stereocenters. The summed E-state index contributed by atoms with van der Waals surface area (Å²) in [5.41, 5.74) is 2.28. The Hall–Kier alpha value is -3.95. The third-order valence-corrected chi connectivity index (χ3v) is 7.62. The molecule has 0 radical (unpaired) electrons. The van der Waals surface area contributed by atoms with Crippen LogP contribution in [0, 0.1) is 23.0 Å². The van der Waals surface area contributed by atoms with Crippen molar-refractivity contribution < 1.29 is 17.2 Å². The molecular weight excluding hydrogens is 464 g/mol. The van der Waals surface area contributed by atoms with Gasteiger partial charge in [0.25, 0.3) is 0 Å². The van der Waals surface area contributed by atoms with Crippen molar-refractivity contribution in [2.75, 3.05) is 31.1 Å². The van der Waals surface area contributed by atoms with Crippen LogP contribution in [0.25, 0.3) is 22.3 Å². The van der Waals surface area contributed by atoms with Gasteiger partial charge in [0.05, 0.1) is 16.6 Å². The van der Waals surface area contributed by atoms with Crippen molar-refractivity contribution in [2.24, 2.45) is 0 Å². The van der Waals surface area contributed by atoms with Gasteiger partial charge in [-0.2, -0.15) is 9.57 Å². The van der Waals surface area contributed by atoms with Crippen LogP contribution in [-0.4, -0.2) is 58.8 Å². The van der Waals surface area contributed by atoms with E-state index < -0.39 is 26.6 Å². The number of H-pyrrole nitrogens is 1. The molecule has 1 fully saturated rings. The predicted molar refractivity (Wildman–Crippen MR) is 119 cm³/mol. The van der Waals surface area contributed by atoms with Gasteiger partial charge < -0.3 is 9.88 Å². The quantitative estimate of drug-likeness (QED) is 0.476. The normalized spacial score (nSPS) is 14.9. The van der Waals surface area contributed by atoms with E-state index in [1.54, 1.807) is 18.5 Å². The van der Waals surface area contributed by atoms with E-state index in [4.69, 9.17) is 0 Å². The van der Waals surface area contributed by atoms with Crippen LogP contribution in [0.5, 0.6) is 0 Å². The minimum absolute atomic E-state index is 0.129. The molecule has 1 aliphatic rings. The zero-order valence-electron chi connectivity index (χ0n) is 17.6. The van der Waals surface area contributed by atoms with E-state index in [0.717, 1.165) is 12.1 Å². The summed E-state index contributed by atoms with van der Waals surface area (Å²) in [6.45, 7) is 0.957. The number of hydrogen-bond acceptors (Lipinski definition) is 7. The predicted octanol–water partition coefficient (Wildman–Crippen LogP) is 2.68. The van der Waals surface area contributed by atoms with Gasteiger partial charge in [-0.05, 0) is 24.3 Å². The maximum atomic E-state index is 14.0. The number of nitrogens with zero attached hydrogens (tertiary/aromatic N) is 6. The van der Waals surface area contributed by atoms with Crippen LogP contribution < -0.4 is 4.90 Å². The first-order valence-corrected chi connectivity index (χ1v) is 11.7. The first-order valence-electron chi connectivity index (χ1n) is 10.3. The largest absolute Gasteiger partial charge is 0.354 e. The molecule has 1 saturated heterocycles. The van der Waals surface area contributed by atoms with Crippen LogP contribution in [0.1, 0.15) is 5.56 Å². The molecule has 12 heteroatoms. The molecular formula is C22H17F2N7O2S. The van der Waals surface area contributed by atoms with Gasteiger partial charge in [-0.3, -0.25) is 0 Å². The average molecular weight is 481 g/mol. The molecule has 0 saturated carbocycles. The first-order chi connectivity index (χ1) is 16.4. The molecule has 4 aromatic rings. The number of pyridine rings is 1. The third kappa shape index (κ3) is 3.74. The second-order valence-corrected chi connectivity index (χ2v) is 9.54. The minimum Gasteiger partial charge on any atom is -0.354 e. The molecule has 3 aromatic heterocycles. The van der Waals surface area contributed by atoms with Gasteiger partial charge in [0.1, 0.15) is 40.4 Å². The molecule has 9 nitrogen and oxygen atoms in total. The van der Waals surface area contributed by atoms with Crippen molar-refractivity contribution in [1.82, 2.24) is 24.2 Å². The summed E-state index contributed by atoms with van der Waals surface area (Å²) >= 11 is 0. The number of benzene rings is 1. The Balaban J connectivity index is 1.33. The van der Waals surface area contributed by atoms with Crippen LogP contribution in [0.4, 0.5) is 14.6 Å². The highest BCUT2D eigenvalue weighted by Gasteiger charge is 2.31. The zero-order valence-corrected chi connectivity index (χ0v) is 18.4. The SMILES string of the molecule is N#Cc1c[nH]c2ncnc(-c3ccc(N4CCN(S(=O)(=O)c5ccc(F)cc5F)CC4)nc3)c12. The summed E-state index contributed by atoms with van der Waals surface area (Å²) < 4.78 is 54.0. The van der Waals surface area contributed by atoms with Crippen LogP contribution in [-0.2, 0) is 10.0 Å². The highest BCUT2D eigenvalue weighted by atomic mass is 32.2. The Morgan fingerprint density at radius 1 is 1.03 bits per heavy atom. The van der Waals surface area contributed by atoms with Gasteiger partial charge in [-0.15, -0.1) is 0 Å². The number of nitrogens with one attached hydrogen (secondary N) is 1. The van der Waals surface area contributed by atoms with Crippen molar-refractivity contribution in [3.8, 4) is 17.3 Å². The summed E-state index contributed by atoms with van der Waals surface area (Å²) in [5.74, 6) is -1.30. The number of hydrogen-bond donors (Lipinski definition) is 1. The van der Waals surface area contributed by atoms with Gasteiger partial charge in [-0.1, -0.05) is 0 Å². The van der Waals surface area contributed by atoms with E-state index in [-0.39, 0.29) is 13.1 Å². The standard InChI is InChI=1S/C22H17F2N7O2S/c23-16-2-3-18(17(24)9-16)34(32,33)31-7-5-30(6-8-31)19-4-1-14(11-26-19)21-20-15(10-25)12-27-22(20)29-13-28-21/h1-4,9,11-13H,5-8H2,(H,27,28,29). The summed E-state index contributed by atoms with van der Waals surface area (Å²) in [4.78, 5) is 17.3. The lowest BCUT2D eigenvalue weighted by Crippen LogP contribution is -2.49. The maximum absolute atomic E-state index is 14.0. The van der Waals surface area contributed by atoms with Gasteiger partial charge in [0, 0.05) is 50.2 Å². The Bertz CT molecular complexity index is 1520. The van der Waals surface area contributed by atoms with Crippen LogP contribution in [0.2, 0.25) is 0 Å². The molecule has 0 aliphatic carbocycles. The van der Waals surface area contributed by atoms with Crippen molar-refractivity contribution in [3.05, 3.63) is 66.3 Å². The average Bonchev–Trinajstić information content (AvgIpc) is 3.27. The Labute approximate surface area is 193 Å². The van der Waals surface area contributed by atoms with Gasteiger partial charge in [0.2, 0.25) is 10.0 Å². The number of nitriles is 1. The van der Waals surface area contributed by atoms with Crippen molar-refractivity contribution in [3.63, 3.8) is 0 Å². The number of aromatic nitrogens is 4. The molecule has 1 aliphatic heterocycles. The van der Waals surface area contributed by atoms with E-state index >= 15 is 0 Å². The van der Waals surface area contributed by atoms with Crippen LogP contribution in [0.15, 0.2) is 53.9 Å². The molecule has 34 heavy (non-hydrogen) atoms. The molecule has 0 atom stereocenters. The smallest absolute Gasteiger partial charge is 0.246 e. The van der Waals surface area contributed by atoms with E-state index in [0.29, 0.717) is 52.8 Å². The van der Waals surface area contributed by atoms with Crippen molar-refractivity contribution >= 4 is 26.9 Å². The van der Waals surface area contributed by atoms with Gasteiger partial charge in [0.15, 0.2) is 0 Å². The molecule has 1 aromatic carbocycles. The van der Waals surface area contributed by atoms with Gasteiger partial charge >= 0.3 is 0 Å². The number of aromatic amines is 1.